The molecule has 2 rings (SSSR count). The van der Waals surface area contributed by atoms with Gasteiger partial charge >= 0.3 is 0 Å². The largest absolute Gasteiger partial charge is 0.383 e. The van der Waals surface area contributed by atoms with Crippen molar-refractivity contribution in [3.63, 3.8) is 0 Å². The summed E-state index contributed by atoms with van der Waals surface area (Å²) in [6, 6.07) is 6.31. The van der Waals surface area contributed by atoms with Crippen LogP contribution < -0.4 is 5.73 Å². The Hall–Kier alpha value is -1.90. The van der Waals surface area contributed by atoms with Gasteiger partial charge in [-0.15, -0.1) is 0 Å². The summed E-state index contributed by atoms with van der Waals surface area (Å²) in [6.07, 6.45) is 1.50. The molecule has 1 aromatic carbocycles. The van der Waals surface area contributed by atoms with Gasteiger partial charge in [0, 0.05) is 5.56 Å². The number of nitrogens with zero attached hydrogens (tertiary/aromatic N) is 2. The number of aromatic nitrogens is 2. The van der Waals surface area contributed by atoms with Crippen LogP contribution in [0.3, 0.4) is 0 Å². The van der Waals surface area contributed by atoms with E-state index in [0.29, 0.717) is 5.82 Å². The summed E-state index contributed by atoms with van der Waals surface area (Å²) in [5.41, 5.74) is 11.3. The van der Waals surface area contributed by atoms with Crippen LogP contribution >= 0.6 is 0 Å². The maximum Gasteiger partial charge on any atom is 0.134 e. The third kappa shape index (κ3) is 1.76. The Kier molecular flexibility index (Phi) is 2.60. The number of nitrogens with two attached hydrogens (primary N) is 1. The first-order chi connectivity index (χ1) is 7.59. The van der Waals surface area contributed by atoms with E-state index in [1.54, 1.807) is 0 Å². The zero-order chi connectivity index (χ0) is 11.7. The molecule has 2 N–H and O–H groups in total. The first-order valence-corrected chi connectivity index (χ1v) is 5.24. The molecule has 0 saturated carbocycles. The van der Waals surface area contributed by atoms with Crippen LogP contribution in [0.5, 0.6) is 0 Å². The van der Waals surface area contributed by atoms with E-state index in [9.17, 15) is 0 Å². The van der Waals surface area contributed by atoms with Crippen LogP contribution in [0.15, 0.2) is 24.5 Å². The summed E-state index contributed by atoms with van der Waals surface area (Å²) in [5, 5.41) is 0. The maximum atomic E-state index is 5.92. The maximum absolute atomic E-state index is 5.92. The Balaban J connectivity index is 2.72. The summed E-state index contributed by atoms with van der Waals surface area (Å²) < 4.78 is 0. The molecule has 0 atom stereocenters. The highest BCUT2D eigenvalue weighted by Crippen LogP contribution is 2.29. The summed E-state index contributed by atoms with van der Waals surface area (Å²) in [7, 11) is 0. The van der Waals surface area contributed by atoms with E-state index in [-0.39, 0.29) is 0 Å². The Morgan fingerprint density at radius 2 is 1.81 bits per heavy atom. The van der Waals surface area contributed by atoms with Crippen molar-refractivity contribution in [1.29, 1.82) is 0 Å². The zero-order valence-electron chi connectivity index (χ0n) is 9.78. The lowest BCUT2D eigenvalue weighted by atomic mass is 9.98. The van der Waals surface area contributed by atoms with E-state index >= 15 is 0 Å². The lowest BCUT2D eigenvalue weighted by molar-refractivity contribution is 1.11. The van der Waals surface area contributed by atoms with Gasteiger partial charge in [0.25, 0.3) is 0 Å². The van der Waals surface area contributed by atoms with Crippen LogP contribution in [0.1, 0.15) is 16.8 Å². The fourth-order valence-electron chi connectivity index (χ4n) is 1.83. The van der Waals surface area contributed by atoms with Gasteiger partial charge in [-0.3, -0.25) is 0 Å². The Morgan fingerprint density at radius 1 is 1.06 bits per heavy atom. The molecule has 2 aromatic rings. The quantitative estimate of drug-likeness (QED) is 0.792. The van der Waals surface area contributed by atoms with Crippen molar-refractivity contribution in [3.05, 3.63) is 41.3 Å². The first-order valence-electron chi connectivity index (χ1n) is 5.24. The predicted molar refractivity (Wildman–Crippen MR) is 66.1 cm³/mol. The molecule has 3 nitrogen and oxygen atoms in total. The number of anilines is 1. The van der Waals surface area contributed by atoms with E-state index in [1.165, 1.54) is 17.5 Å². The third-order valence-electron chi connectivity index (χ3n) is 2.73. The lowest BCUT2D eigenvalue weighted by Gasteiger charge is -2.11. The molecule has 0 unspecified atom stereocenters. The molecule has 3 heteroatoms. The molecule has 0 saturated heterocycles. The van der Waals surface area contributed by atoms with E-state index in [1.807, 2.05) is 6.92 Å². The summed E-state index contributed by atoms with van der Waals surface area (Å²) >= 11 is 0. The standard InChI is InChI=1S/C13H15N3/c1-8-4-5-9(2)11(6-8)12-10(3)15-7-16-13(12)14/h4-7H,1-3H3,(H2,14,15,16). The molecule has 82 valence electrons. The molecule has 0 aliphatic carbocycles. The number of rotatable bonds is 1. The van der Waals surface area contributed by atoms with Crippen LogP contribution in [0.2, 0.25) is 0 Å². The number of nitrogen functional groups attached to an aromatic ring is 1. The second kappa shape index (κ2) is 3.93. The molecule has 1 aromatic heterocycles. The van der Waals surface area contributed by atoms with Crippen LogP contribution in [0, 0.1) is 20.8 Å². The van der Waals surface area contributed by atoms with Gasteiger partial charge in [0.05, 0.1) is 5.69 Å². The molecule has 16 heavy (non-hydrogen) atoms. The van der Waals surface area contributed by atoms with Gasteiger partial charge in [-0.25, -0.2) is 9.97 Å². The fourth-order valence-corrected chi connectivity index (χ4v) is 1.83. The van der Waals surface area contributed by atoms with E-state index in [4.69, 9.17) is 5.73 Å². The van der Waals surface area contributed by atoms with Crippen molar-refractivity contribution in [2.75, 3.05) is 5.73 Å². The molecule has 0 spiro atoms. The SMILES string of the molecule is Cc1ccc(C)c(-c2c(C)ncnc2N)c1. The second-order valence-electron chi connectivity index (χ2n) is 4.04. The fraction of sp³-hybridized carbons (Fsp3) is 0.231. The van der Waals surface area contributed by atoms with E-state index in [0.717, 1.165) is 16.8 Å². The van der Waals surface area contributed by atoms with Crippen molar-refractivity contribution in [2.24, 2.45) is 0 Å². The molecule has 0 aliphatic heterocycles. The number of benzene rings is 1. The highest BCUT2D eigenvalue weighted by molar-refractivity contribution is 5.78. The van der Waals surface area contributed by atoms with Crippen molar-refractivity contribution in [3.8, 4) is 11.1 Å². The molecule has 0 aliphatic rings. The first kappa shape index (κ1) is 10.6. The summed E-state index contributed by atoms with van der Waals surface area (Å²) in [4.78, 5) is 8.25. The second-order valence-corrected chi connectivity index (χ2v) is 4.04. The monoisotopic (exact) mass is 213 g/mol. The zero-order valence-corrected chi connectivity index (χ0v) is 9.78. The Morgan fingerprint density at radius 3 is 2.50 bits per heavy atom. The lowest BCUT2D eigenvalue weighted by Crippen LogP contribution is -2.00. The molecular formula is C13H15N3. The highest BCUT2D eigenvalue weighted by Gasteiger charge is 2.10. The normalized spacial score (nSPS) is 10.4. The molecular weight excluding hydrogens is 198 g/mol. The van der Waals surface area contributed by atoms with E-state index < -0.39 is 0 Å². The summed E-state index contributed by atoms with van der Waals surface area (Å²) in [6.45, 7) is 6.09. The van der Waals surface area contributed by atoms with Gasteiger partial charge in [0.1, 0.15) is 12.1 Å². The minimum atomic E-state index is 0.543. The molecule has 0 amide bonds. The molecule has 0 bridgehead atoms. The van der Waals surface area contributed by atoms with Gasteiger partial charge in [-0.1, -0.05) is 23.8 Å². The topological polar surface area (TPSA) is 51.8 Å². The molecule has 1 heterocycles. The molecule has 0 fully saturated rings. The predicted octanol–water partition coefficient (Wildman–Crippen LogP) is 2.65. The van der Waals surface area contributed by atoms with Crippen molar-refractivity contribution in [1.82, 2.24) is 9.97 Å². The van der Waals surface area contributed by atoms with Crippen molar-refractivity contribution < 1.29 is 0 Å². The minimum absolute atomic E-state index is 0.543. The van der Waals surface area contributed by atoms with Gasteiger partial charge in [-0.2, -0.15) is 0 Å². The average molecular weight is 213 g/mol. The number of aryl methyl sites for hydroxylation is 3. The number of hydrogen-bond donors (Lipinski definition) is 1. The van der Waals surface area contributed by atoms with Gasteiger partial charge in [0.15, 0.2) is 0 Å². The minimum Gasteiger partial charge on any atom is -0.383 e. The number of hydrogen-bond acceptors (Lipinski definition) is 3. The highest BCUT2D eigenvalue weighted by atomic mass is 14.9. The van der Waals surface area contributed by atoms with Crippen LogP contribution in [-0.4, -0.2) is 9.97 Å². The van der Waals surface area contributed by atoms with Gasteiger partial charge in [0.2, 0.25) is 0 Å². The average Bonchev–Trinajstić information content (AvgIpc) is 2.23. The third-order valence-corrected chi connectivity index (χ3v) is 2.73. The Labute approximate surface area is 95.4 Å². The summed E-state index contributed by atoms with van der Waals surface area (Å²) in [5.74, 6) is 0.543. The van der Waals surface area contributed by atoms with Crippen molar-refractivity contribution in [2.45, 2.75) is 20.8 Å². The van der Waals surface area contributed by atoms with Crippen LogP contribution in [0.25, 0.3) is 11.1 Å². The van der Waals surface area contributed by atoms with Gasteiger partial charge < -0.3 is 5.73 Å². The smallest absolute Gasteiger partial charge is 0.134 e. The Bertz CT molecular complexity index is 512. The molecule has 0 radical (unpaired) electrons. The van der Waals surface area contributed by atoms with Crippen LogP contribution in [-0.2, 0) is 0 Å². The van der Waals surface area contributed by atoms with Gasteiger partial charge in [-0.05, 0) is 31.9 Å². The van der Waals surface area contributed by atoms with Crippen LogP contribution in [0.4, 0.5) is 5.82 Å². The van der Waals surface area contributed by atoms with E-state index in [2.05, 4.69) is 42.0 Å². The van der Waals surface area contributed by atoms with Crippen molar-refractivity contribution >= 4 is 5.82 Å².